The van der Waals surface area contributed by atoms with Crippen molar-refractivity contribution in [2.45, 2.75) is 19.8 Å². The number of ether oxygens (including phenoxy) is 1. The van der Waals surface area contributed by atoms with Gasteiger partial charge in [0.05, 0.1) is 0 Å². The molecule has 0 atom stereocenters. The van der Waals surface area contributed by atoms with Crippen LogP contribution in [0.25, 0.3) is 0 Å². The number of benzene rings is 1. The molecule has 84 valence electrons. The number of aldehydes is 1. The second kappa shape index (κ2) is 9.21. The first-order chi connectivity index (χ1) is 7.24. The Balaban J connectivity index is 0.000000423. The number of hydrogen-bond acceptors (Lipinski definition) is 3. The normalized spacial score (nSPS) is 8.93. The van der Waals surface area contributed by atoms with E-state index in [0.717, 1.165) is 30.6 Å². The molecule has 0 aromatic heterocycles. The zero-order valence-electron chi connectivity index (χ0n) is 9.40. The molecule has 1 aromatic carbocycles. The van der Waals surface area contributed by atoms with Crippen LogP contribution in [0, 0.1) is 0 Å². The molecule has 1 aromatic rings. The molecule has 0 aliphatic rings. The summed E-state index contributed by atoms with van der Waals surface area (Å²) in [5.41, 5.74) is 7.42. The smallest absolute Gasteiger partial charge is 0.120 e. The summed E-state index contributed by atoms with van der Waals surface area (Å²) in [4.78, 5) is 10.0. The molecule has 0 heterocycles. The van der Waals surface area contributed by atoms with Crippen LogP contribution in [0.3, 0.4) is 0 Å². The van der Waals surface area contributed by atoms with E-state index < -0.39 is 0 Å². The van der Waals surface area contributed by atoms with Crippen molar-refractivity contribution in [3.63, 3.8) is 0 Å². The minimum atomic E-state index is 0.573. The van der Waals surface area contributed by atoms with E-state index in [2.05, 4.69) is 4.74 Å². The maximum Gasteiger partial charge on any atom is 0.120 e. The average Bonchev–Trinajstić information content (AvgIpc) is 2.27. The van der Waals surface area contributed by atoms with Crippen LogP contribution >= 0.6 is 0 Å². The lowest BCUT2D eigenvalue weighted by Crippen LogP contribution is -1.89. The highest BCUT2D eigenvalue weighted by Gasteiger charge is 1.91. The summed E-state index contributed by atoms with van der Waals surface area (Å²) < 4.78 is 4.54. The van der Waals surface area contributed by atoms with E-state index in [-0.39, 0.29) is 0 Å². The van der Waals surface area contributed by atoms with Crippen LogP contribution < -0.4 is 5.73 Å². The second-order valence-corrected chi connectivity index (χ2v) is 3.03. The Morgan fingerprint density at radius 2 is 2.13 bits per heavy atom. The molecule has 0 unspecified atom stereocenters. The van der Waals surface area contributed by atoms with Gasteiger partial charge < -0.3 is 15.3 Å². The molecular formula is C12H19NO2. The molecule has 0 amide bonds. The summed E-state index contributed by atoms with van der Waals surface area (Å²) in [6.07, 6.45) is 2.28. The van der Waals surface area contributed by atoms with E-state index in [1.165, 1.54) is 0 Å². The van der Waals surface area contributed by atoms with Gasteiger partial charge in [-0.1, -0.05) is 12.1 Å². The van der Waals surface area contributed by atoms with E-state index in [9.17, 15) is 4.79 Å². The van der Waals surface area contributed by atoms with Crippen molar-refractivity contribution in [2.75, 3.05) is 19.5 Å². The van der Waals surface area contributed by atoms with Crippen molar-refractivity contribution >= 4 is 12.0 Å². The number of carbonyl (C=O) groups excluding carboxylic acids is 1. The van der Waals surface area contributed by atoms with Gasteiger partial charge in [0, 0.05) is 25.8 Å². The largest absolute Gasteiger partial charge is 0.399 e. The number of aryl methyl sites for hydroxylation is 1. The number of nitrogens with two attached hydrogens (primary N) is 1. The van der Waals surface area contributed by atoms with Crippen LogP contribution in [0.1, 0.15) is 18.9 Å². The van der Waals surface area contributed by atoms with Crippen LogP contribution in [-0.4, -0.2) is 20.0 Å². The Labute approximate surface area is 91.2 Å². The summed E-state index contributed by atoms with van der Waals surface area (Å²) in [6, 6.07) is 7.60. The van der Waals surface area contributed by atoms with Crippen LogP contribution in [0.15, 0.2) is 24.3 Å². The number of anilines is 1. The molecule has 1 rings (SSSR count). The van der Waals surface area contributed by atoms with Crippen molar-refractivity contribution in [1.29, 1.82) is 0 Å². The Morgan fingerprint density at radius 3 is 2.60 bits per heavy atom. The first kappa shape index (κ1) is 13.7. The predicted octanol–water partition coefficient (Wildman–Crippen LogP) is 2.05. The highest BCUT2D eigenvalue weighted by molar-refractivity contribution is 5.50. The standard InChI is InChI=1S/C9H11NO.C3H8O/c10-9-5-1-3-8(7-9)4-2-6-11;1-3-4-2/h1,3,5-7H,2,4,10H2;3H2,1-2H3. The average molecular weight is 209 g/mol. The van der Waals surface area contributed by atoms with Crippen LogP contribution in [0.4, 0.5) is 5.69 Å². The van der Waals surface area contributed by atoms with Gasteiger partial charge in [-0.2, -0.15) is 0 Å². The quantitative estimate of drug-likeness (QED) is 0.610. The summed E-state index contributed by atoms with van der Waals surface area (Å²) in [5.74, 6) is 0. The van der Waals surface area contributed by atoms with Gasteiger partial charge in [-0.3, -0.25) is 0 Å². The van der Waals surface area contributed by atoms with E-state index in [1.54, 1.807) is 7.11 Å². The fourth-order valence-corrected chi connectivity index (χ4v) is 0.974. The van der Waals surface area contributed by atoms with E-state index in [1.807, 2.05) is 31.2 Å². The van der Waals surface area contributed by atoms with Crippen LogP contribution in [0.2, 0.25) is 0 Å². The highest BCUT2D eigenvalue weighted by atomic mass is 16.5. The van der Waals surface area contributed by atoms with E-state index in [0.29, 0.717) is 6.42 Å². The number of rotatable bonds is 4. The topological polar surface area (TPSA) is 52.3 Å². The van der Waals surface area contributed by atoms with Gasteiger partial charge in [0.2, 0.25) is 0 Å². The molecule has 0 bridgehead atoms. The molecule has 0 spiro atoms. The second-order valence-electron chi connectivity index (χ2n) is 3.03. The highest BCUT2D eigenvalue weighted by Crippen LogP contribution is 2.07. The first-order valence-corrected chi connectivity index (χ1v) is 5.01. The summed E-state index contributed by atoms with van der Waals surface area (Å²) in [5, 5.41) is 0. The first-order valence-electron chi connectivity index (χ1n) is 5.01. The zero-order chi connectivity index (χ0) is 11.5. The molecule has 3 nitrogen and oxygen atoms in total. The molecule has 2 N–H and O–H groups in total. The number of nitrogen functional groups attached to an aromatic ring is 1. The molecule has 0 saturated heterocycles. The van der Waals surface area contributed by atoms with E-state index >= 15 is 0 Å². The lowest BCUT2D eigenvalue weighted by molar-refractivity contribution is -0.107. The molecule has 0 fully saturated rings. The monoisotopic (exact) mass is 209 g/mol. The summed E-state index contributed by atoms with van der Waals surface area (Å²) in [6.45, 7) is 2.78. The maximum atomic E-state index is 10.0. The molecule has 0 aliphatic heterocycles. The van der Waals surface area contributed by atoms with Gasteiger partial charge in [-0.25, -0.2) is 0 Å². The predicted molar refractivity (Wildman–Crippen MR) is 62.8 cm³/mol. The number of hydrogen-bond donors (Lipinski definition) is 1. The Morgan fingerprint density at radius 1 is 1.47 bits per heavy atom. The molecule has 0 radical (unpaired) electrons. The molecule has 0 saturated carbocycles. The Bertz CT molecular complexity index is 272. The van der Waals surface area contributed by atoms with Gasteiger partial charge in [0.1, 0.15) is 6.29 Å². The Kier molecular flexibility index (Phi) is 8.39. The minimum Gasteiger partial charge on any atom is -0.399 e. The van der Waals surface area contributed by atoms with Crippen LogP contribution in [-0.2, 0) is 16.0 Å². The minimum absolute atomic E-state index is 0.573. The zero-order valence-corrected chi connectivity index (χ0v) is 9.40. The Hall–Kier alpha value is -1.35. The van der Waals surface area contributed by atoms with Crippen molar-refractivity contribution in [3.8, 4) is 0 Å². The number of methoxy groups -OCH3 is 1. The lowest BCUT2D eigenvalue weighted by atomic mass is 10.1. The third kappa shape index (κ3) is 7.70. The fourth-order valence-electron chi connectivity index (χ4n) is 0.974. The van der Waals surface area contributed by atoms with Crippen molar-refractivity contribution in [2.24, 2.45) is 0 Å². The van der Waals surface area contributed by atoms with E-state index in [4.69, 9.17) is 5.73 Å². The molecule has 15 heavy (non-hydrogen) atoms. The molecular weight excluding hydrogens is 190 g/mol. The lowest BCUT2D eigenvalue weighted by Gasteiger charge is -1.97. The molecule has 3 heteroatoms. The maximum absolute atomic E-state index is 10.0. The third-order valence-corrected chi connectivity index (χ3v) is 1.79. The van der Waals surface area contributed by atoms with Crippen molar-refractivity contribution < 1.29 is 9.53 Å². The van der Waals surface area contributed by atoms with Crippen molar-refractivity contribution in [1.82, 2.24) is 0 Å². The van der Waals surface area contributed by atoms with Gasteiger partial charge in [-0.15, -0.1) is 0 Å². The van der Waals surface area contributed by atoms with Gasteiger partial charge in [0.25, 0.3) is 0 Å². The van der Waals surface area contributed by atoms with Gasteiger partial charge in [0.15, 0.2) is 0 Å². The van der Waals surface area contributed by atoms with Crippen molar-refractivity contribution in [3.05, 3.63) is 29.8 Å². The number of carbonyl (C=O) groups is 1. The fraction of sp³-hybridized carbons (Fsp3) is 0.417. The summed E-state index contributed by atoms with van der Waals surface area (Å²) >= 11 is 0. The SMILES string of the molecule is CCOC.Nc1cccc(CCC=O)c1. The summed E-state index contributed by atoms with van der Waals surface area (Å²) in [7, 11) is 1.68. The molecule has 0 aliphatic carbocycles. The van der Waals surface area contributed by atoms with Gasteiger partial charge in [-0.05, 0) is 31.0 Å². The van der Waals surface area contributed by atoms with Crippen LogP contribution in [0.5, 0.6) is 0 Å². The van der Waals surface area contributed by atoms with Gasteiger partial charge >= 0.3 is 0 Å². The third-order valence-electron chi connectivity index (χ3n) is 1.79.